The second-order valence-electron chi connectivity index (χ2n) is 7.13. The van der Waals surface area contributed by atoms with Gasteiger partial charge in [-0.15, -0.1) is 0 Å². The lowest BCUT2D eigenvalue weighted by Crippen LogP contribution is -2.51. The molecule has 2 nitrogen and oxygen atoms in total. The summed E-state index contributed by atoms with van der Waals surface area (Å²) in [6, 6.07) is 21.4. The van der Waals surface area contributed by atoms with Gasteiger partial charge in [0.2, 0.25) is 0 Å². The van der Waals surface area contributed by atoms with Crippen molar-refractivity contribution in [3.8, 4) is 0 Å². The van der Waals surface area contributed by atoms with E-state index < -0.39 is 0 Å². The summed E-state index contributed by atoms with van der Waals surface area (Å²) >= 11 is 0. The Labute approximate surface area is 141 Å². The highest BCUT2D eigenvalue weighted by atomic mass is 15.2. The molecule has 0 heterocycles. The summed E-state index contributed by atoms with van der Waals surface area (Å²) in [5.74, 6) is 0.623. The molecular weight excluding hydrogens is 280 g/mol. The van der Waals surface area contributed by atoms with Crippen LogP contribution in [0.3, 0.4) is 0 Å². The predicted molar refractivity (Wildman–Crippen MR) is 99.0 cm³/mol. The molecule has 0 bridgehead atoms. The van der Waals surface area contributed by atoms with Crippen LogP contribution in [0.25, 0.3) is 0 Å². The zero-order valence-corrected chi connectivity index (χ0v) is 14.7. The number of nitrogens with two attached hydrogens (primary N) is 1. The molecule has 0 aromatic heterocycles. The van der Waals surface area contributed by atoms with Crippen molar-refractivity contribution in [3.63, 3.8) is 0 Å². The van der Waals surface area contributed by atoms with Crippen molar-refractivity contribution in [2.45, 2.75) is 45.8 Å². The molecule has 2 N–H and O–H groups in total. The standard InChI is InChI=1S/C21H30N2/c1-18(2)14-21(3,17-22)23(15-19-10-6-4-7-11-19)16-20-12-8-5-9-13-20/h4-13,18H,14-17,22H2,1-3H3. The van der Waals surface area contributed by atoms with Crippen LogP contribution < -0.4 is 5.73 Å². The van der Waals surface area contributed by atoms with E-state index in [2.05, 4.69) is 86.3 Å². The predicted octanol–water partition coefficient (Wildman–Crippen LogP) is 4.45. The molecule has 23 heavy (non-hydrogen) atoms. The summed E-state index contributed by atoms with van der Waals surface area (Å²) in [4.78, 5) is 2.54. The van der Waals surface area contributed by atoms with E-state index in [0.717, 1.165) is 19.5 Å². The summed E-state index contributed by atoms with van der Waals surface area (Å²) in [6.07, 6.45) is 1.10. The smallest absolute Gasteiger partial charge is 0.0313 e. The van der Waals surface area contributed by atoms with Gasteiger partial charge in [-0.1, -0.05) is 74.5 Å². The van der Waals surface area contributed by atoms with Gasteiger partial charge in [-0.3, -0.25) is 4.90 Å². The van der Waals surface area contributed by atoms with E-state index in [1.165, 1.54) is 11.1 Å². The van der Waals surface area contributed by atoms with E-state index in [1.807, 2.05) is 0 Å². The first-order chi connectivity index (χ1) is 11.0. The normalized spacial score (nSPS) is 14.2. The van der Waals surface area contributed by atoms with Gasteiger partial charge in [0.15, 0.2) is 0 Å². The molecule has 0 radical (unpaired) electrons. The highest BCUT2D eigenvalue weighted by Gasteiger charge is 2.31. The summed E-state index contributed by atoms with van der Waals surface area (Å²) in [6.45, 7) is 9.38. The number of nitrogens with zero attached hydrogens (tertiary/aromatic N) is 1. The molecule has 0 fully saturated rings. The summed E-state index contributed by atoms with van der Waals surface area (Å²) < 4.78 is 0. The minimum Gasteiger partial charge on any atom is -0.329 e. The first kappa shape index (κ1) is 17.7. The van der Waals surface area contributed by atoms with Crippen LogP contribution in [0, 0.1) is 5.92 Å². The SMILES string of the molecule is CC(C)CC(C)(CN)N(Cc1ccccc1)Cc1ccccc1. The fourth-order valence-corrected chi connectivity index (χ4v) is 3.27. The van der Waals surface area contributed by atoms with E-state index >= 15 is 0 Å². The van der Waals surface area contributed by atoms with Crippen LogP contribution in [0.5, 0.6) is 0 Å². The fraction of sp³-hybridized carbons (Fsp3) is 0.429. The monoisotopic (exact) mass is 310 g/mol. The number of hydrogen-bond donors (Lipinski definition) is 1. The number of benzene rings is 2. The first-order valence-electron chi connectivity index (χ1n) is 8.56. The van der Waals surface area contributed by atoms with Gasteiger partial charge in [0.1, 0.15) is 0 Å². The molecule has 0 saturated heterocycles. The average molecular weight is 310 g/mol. The lowest BCUT2D eigenvalue weighted by Gasteiger charge is -2.42. The van der Waals surface area contributed by atoms with Gasteiger partial charge in [0, 0.05) is 25.2 Å². The quantitative estimate of drug-likeness (QED) is 0.780. The Morgan fingerprint density at radius 3 is 1.65 bits per heavy atom. The minimum absolute atomic E-state index is 0.000149. The van der Waals surface area contributed by atoms with Crippen molar-refractivity contribution >= 4 is 0 Å². The maximum atomic E-state index is 6.22. The van der Waals surface area contributed by atoms with Crippen LogP contribution in [0.15, 0.2) is 60.7 Å². The van der Waals surface area contributed by atoms with E-state index in [-0.39, 0.29) is 5.54 Å². The van der Waals surface area contributed by atoms with E-state index in [0.29, 0.717) is 12.5 Å². The van der Waals surface area contributed by atoms with Crippen molar-refractivity contribution in [1.29, 1.82) is 0 Å². The summed E-state index contributed by atoms with van der Waals surface area (Å²) in [5.41, 5.74) is 8.90. The van der Waals surface area contributed by atoms with Crippen LogP contribution in [-0.2, 0) is 13.1 Å². The topological polar surface area (TPSA) is 29.3 Å². The molecule has 1 unspecified atom stereocenters. The van der Waals surface area contributed by atoms with E-state index in [4.69, 9.17) is 5.73 Å². The first-order valence-corrected chi connectivity index (χ1v) is 8.56. The van der Waals surface area contributed by atoms with Crippen LogP contribution in [0.1, 0.15) is 38.3 Å². The van der Waals surface area contributed by atoms with Crippen molar-refractivity contribution in [2.75, 3.05) is 6.54 Å². The van der Waals surface area contributed by atoms with Gasteiger partial charge in [0.05, 0.1) is 0 Å². The molecule has 124 valence electrons. The van der Waals surface area contributed by atoms with E-state index in [9.17, 15) is 0 Å². The minimum atomic E-state index is -0.000149. The van der Waals surface area contributed by atoms with Gasteiger partial charge in [-0.05, 0) is 30.4 Å². The molecule has 2 heteroatoms. The second kappa shape index (κ2) is 8.28. The Morgan fingerprint density at radius 2 is 1.30 bits per heavy atom. The van der Waals surface area contributed by atoms with Gasteiger partial charge in [-0.2, -0.15) is 0 Å². The highest BCUT2D eigenvalue weighted by Crippen LogP contribution is 2.27. The van der Waals surface area contributed by atoms with Gasteiger partial charge in [-0.25, -0.2) is 0 Å². The molecule has 2 aromatic carbocycles. The van der Waals surface area contributed by atoms with Crippen LogP contribution in [-0.4, -0.2) is 17.0 Å². The van der Waals surface area contributed by atoms with Crippen LogP contribution in [0.2, 0.25) is 0 Å². The molecule has 0 aliphatic heterocycles. The third-order valence-electron chi connectivity index (χ3n) is 4.48. The maximum absolute atomic E-state index is 6.22. The van der Waals surface area contributed by atoms with E-state index in [1.54, 1.807) is 0 Å². The summed E-state index contributed by atoms with van der Waals surface area (Å²) in [5, 5.41) is 0. The van der Waals surface area contributed by atoms with Crippen LogP contribution in [0.4, 0.5) is 0 Å². The Kier molecular flexibility index (Phi) is 6.37. The highest BCUT2D eigenvalue weighted by molar-refractivity contribution is 5.18. The molecular formula is C21H30N2. The lowest BCUT2D eigenvalue weighted by molar-refractivity contribution is 0.0726. The molecule has 0 saturated carbocycles. The zero-order chi connectivity index (χ0) is 16.7. The van der Waals surface area contributed by atoms with Gasteiger partial charge in [0.25, 0.3) is 0 Å². The van der Waals surface area contributed by atoms with Crippen molar-refractivity contribution < 1.29 is 0 Å². The Morgan fingerprint density at radius 1 is 0.870 bits per heavy atom. The maximum Gasteiger partial charge on any atom is 0.0313 e. The van der Waals surface area contributed by atoms with Gasteiger partial charge >= 0.3 is 0 Å². The van der Waals surface area contributed by atoms with Crippen molar-refractivity contribution in [2.24, 2.45) is 11.7 Å². The van der Waals surface area contributed by atoms with Crippen LogP contribution >= 0.6 is 0 Å². The number of hydrogen-bond acceptors (Lipinski definition) is 2. The third kappa shape index (κ3) is 5.19. The zero-order valence-electron chi connectivity index (χ0n) is 14.7. The fourth-order valence-electron chi connectivity index (χ4n) is 3.27. The largest absolute Gasteiger partial charge is 0.329 e. The summed E-state index contributed by atoms with van der Waals surface area (Å²) in [7, 11) is 0. The second-order valence-corrected chi connectivity index (χ2v) is 7.13. The molecule has 1 atom stereocenters. The lowest BCUT2D eigenvalue weighted by atomic mass is 9.88. The van der Waals surface area contributed by atoms with Gasteiger partial charge < -0.3 is 5.73 Å². The molecule has 0 spiro atoms. The molecule has 2 aromatic rings. The Balaban J connectivity index is 2.25. The Hall–Kier alpha value is -1.64. The number of rotatable bonds is 8. The van der Waals surface area contributed by atoms with Crippen molar-refractivity contribution in [3.05, 3.63) is 71.8 Å². The molecule has 0 aliphatic rings. The van der Waals surface area contributed by atoms with Crippen molar-refractivity contribution in [1.82, 2.24) is 4.90 Å². The molecule has 0 amide bonds. The average Bonchev–Trinajstić information content (AvgIpc) is 2.55. The Bertz CT molecular complexity index is 523. The molecule has 0 aliphatic carbocycles. The third-order valence-corrected chi connectivity index (χ3v) is 4.48. The molecule has 2 rings (SSSR count).